The van der Waals surface area contributed by atoms with Gasteiger partial charge in [-0.25, -0.2) is 9.79 Å². The molecule has 1 atom stereocenters. The van der Waals surface area contributed by atoms with Gasteiger partial charge in [0.25, 0.3) is 5.91 Å². The largest absolute Gasteiger partial charge is 0.496 e. The van der Waals surface area contributed by atoms with Crippen molar-refractivity contribution >= 4 is 17.8 Å². The fourth-order valence-corrected chi connectivity index (χ4v) is 3.37. The zero-order valence-electron chi connectivity index (χ0n) is 17.5. The summed E-state index contributed by atoms with van der Waals surface area (Å²) in [5.74, 6) is -1.06. The average molecular weight is 449 g/mol. The van der Waals surface area contributed by atoms with Crippen molar-refractivity contribution in [3.63, 3.8) is 0 Å². The minimum atomic E-state index is -5.20. The second-order valence-electron chi connectivity index (χ2n) is 6.87. The van der Waals surface area contributed by atoms with Crippen LogP contribution in [0.25, 0.3) is 0 Å². The zero-order valence-corrected chi connectivity index (χ0v) is 17.5. The summed E-state index contributed by atoms with van der Waals surface area (Å²) in [6, 6.07) is 15.0. The number of rotatable bonds is 7. The van der Waals surface area contributed by atoms with Crippen LogP contribution in [0.15, 0.2) is 59.6 Å². The minimum absolute atomic E-state index is 0.116. The zero-order chi connectivity index (χ0) is 23.4. The lowest BCUT2D eigenvalue weighted by Gasteiger charge is -2.28. The number of amides is 2. The van der Waals surface area contributed by atoms with Gasteiger partial charge in [-0.1, -0.05) is 48.5 Å². The van der Waals surface area contributed by atoms with Crippen LogP contribution >= 0.6 is 0 Å². The number of methoxy groups -OCH3 is 1. The fourth-order valence-electron chi connectivity index (χ4n) is 3.37. The van der Waals surface area contributed by atoms with Crippen LogP contribution in [0.3, 0.4) is 0 Å². The second-order valence-corrected chi connectivity index (χ2v) is 6.87. The number of carbonyl (C=O) groups is 2. The summed E-state index contributed by atoms with van der Waals surface area (Å²) in [7, 11) is 1.48. The Bertz CT molecular complexity index is 1010. The van der Waals surface area contributed by atoms with Crippen LogP contribution in [0, 0.1) is 0 Å². The second kappa shape index (κ2) is 9.29. The van der Waals surface area contributed by atoms with E-state index in [4.69, 9.17) is 4.74 Å². The third kappa shape index (κ3) is 4.39. The number of alkyl carbamates (subject to hydrolysis) is 1. The maximum atomic E-state index is 14.2. The summed E-state index contributed by atoms with van der Waals surface area (Å²) < 4.78 is 52.4. The molecule has 170 valence electrons. The monoisotopic (exact) mass is 449 g/mol. The van der Waals surface area contributed by atoms with Gasteiger partial charge in [0.05, 0.1) is 13.7 Å². The highest BCUT2D eigenvalue weighted by molar-refractivity contribution is 6.16. The average Bonchev–Trinajstić information content (AvgIpc) is 3.05. The third-order valence-electron chi connectivity index (χ3n) is 4.88. The molecule has 0 saturated heterocycles. The van der Waals surface area contributed by atoms with Gasteiger partial charge in [0.15, 0.2) is 0 Å². The predicted octanol–water partition coefficient (Wildman–Crippen LogP) is 3.53. The summed E-state index contributed by atoms with van der Waals surface area (Å²) >= 11 is 0. The molecule has 0 radical (unpaired) electrons. The van der Waals surface area contributed by atoms with Gasteiger partial charge < -0.3 is 9.47 Å². The van der Waals surface area contributed by atoms with Crippen molar-refractivity contribution in [1.29, 1.82) is 0 Å². The van der Waals surface area contributed by atoms with Crippen LogP contribution < -0.4 is 10.1 Å². The van der Waals surface area contributed by atoms with Crippen LogP contribution in [0.4, 0.5) is 18.0 Å². The SMILES string of the molecule is CCOC(=O)NC1(C(F)(F)F)N=C(c2ccccc2)N(CCc2ccccc2OC)C1=O. The molecule has 0 aliphatic carbocycles. The number of hydrogen-bond acceptors (Lipinski definition) is 5. The van der Waals surface area contributed by atoms with Crippen molar-refractivity contribution < 1.29 is 32.2 Å². The first-order chi connectivity index (χ1) is 15.2. The number of hydrogen-bond donors (Lipinski definition) is 1. The highest BCUT2D eigenvalue weighted by atomic mass is 19.4. The molecule has 3 rings (SSSR count). The Morgan fingerprint density at radius 1 is 1.12 bits per heavy atom. The lowest BCUT2D eigenvalue weighted by Crippen LogP contribution is -2.63. The van der Waals surface area contributed by atoms with Gasteiger partial charge in [0.2, 0.25) is 0 Å². The Balaban J connectivity index is 2.02. The van der Waals surface area contributed by atoms with E-state index < -0.39 is 23.8 Å². The number of nitrogens with one attached hydrogen (secondary N) is 1. The molecule has 0 fully saturated rings. The highest BCUT2D eigenvalue weighted by Crippen LogP contribution is 2.38. The standard InChI is InChI=1S/C22H22F3N3O4/c1-3-32-20(30)27-21(22(23,24)25)19(29)28(18(26-21)16-10-5-4-6-11-16)14-13-15-9-7-8-12-17(15)31-2/h4-12H,3,13-14H2,1-2H3,(H,27,30). The normalized spacial score (nSPS) is 18.3. The van der Waals surface area contributed by atoms with E-state index in [1.165, 1.54) is 14.0 Å². The summed E-state index contributed by atoms with van der Waals surface area (Å²) in [5, 5.41) is 1.64. The number of nitrogens with zero attached hydrogens (tertiary/aromatic N) is 2. The molecule has 1 N–H and O–H groups in total. The number of para-hydroxylation sites is 1. The number of halogens is 3. The van der Waals surface area contributed by atoms with Crippen LogP contribution in [0.2, 0.25) is 0 Å². The van der Waals surface area contributed by atoms with Crippen molar-refractivity contribution in [3.05, 3.63) is 65.7 Å². The Morgan fingerprint density at radius 3 is 2.41 bits per heavy atom. The molecule has 32 heavy (non-hydrogen) atoms. The van der Waals surface area contributed by atoms with Gasteiger partial charge in [-0.2, -0.15) is 13.2 Å². The maximum absolute atomic E-state index is 14.2. The first-order valence-corrected chi connectivity index (χ1v) is 9.84. The molecule has 7 nitrogen and oxygen atoms in total. The van der Waals surface area contributed by atoms with Crippen LogP contribution in [0.5, 0.6) is 5.75 Å². The van der Waals surface area contributed by atoms with Crippen molar-refractivity contribution in [2.75, 3.05) is 20.3 Å². The maximum Gasteiger partial charge on any atom is 0.442 e. The first-order valence-electron chi connectivity index (χ1n) is 9.84. The molecule has 0 spiro atoms. The van der Waals surface area contributed by atoms with Gasteiger partial charge in [-0.05, 0) is 25.0 Å². The van der Waals surface area contributed by atoms with E-state index >= 15 is 0 Å². The molecular weight excluding hydrogens is 427 g/mol. The fraction of sp³-hybridized carbons (Fsp3) is 0.318. The van der Waals surface area contributed by atoms with E-state index in [2.05, 4.69) is 9.73 Å². The van der Waals surface area contributed by atoms with E-state index in [0.717, 1.165) is 4.90 Å². The Labute approximate surface area is 182 Å². The Hall–Kier alpha value is -3.56. The first kappa shape index (κ1) is 23.1. The minimum Gasteiger partial charge on any atom is -0.496 e. The van der Waals surface area contributed by atoms with Gasteiger partial charge in [0, 0.05) is 12.1 Å². The van der Waals surface area contributed by atoms with E-state index in [0.29, 0.717) is 16.9 Å². The molecule has 0 aromatic heterocycles. The molecule has 1 heterocycles. The van der Waals surface area contributed by atoms with E-state index in [1.54, 1.807) is 59.9 Å². The predicted molar refractivity (Wildman–Crippen MR) is 110 cm³/mol. The number of benzene rings is 2. The van der Waals surface area contributed by atoms with Crippen molar-refractivity contribution in [3.8, 4) is 5.75 Å². The lowest BCUT2D eigenvalue weighted by atomic mass is 10.1. The number of alkyl halides is 3. The molecule has 1 unspecified atom stereocenters. The molecule has 0 saturated carbocycles. The molecule has 0 bridgehead atoms. The van der Waals surface area contributed by atoms with Crippen LogP contribution in [-0.4, -0.2) is 54.8 Å². The van der Waals surface area contributed by atoms with Crippen molar-refractivity contribution in [2.24, 2.45) is 4.99 Å². The van der Waals surface area contributed by atoms with Crippen LogP contribution in [0.1, 0.15) is 18.1 Å². The molecule has 2 amide bonds. The van der Waals surface area contributed by atoms with E-state index in [-0.39, 0.29) is 25.4 Å². The summed E-state index contributed by atoms with van der Waals surface area (Å²) in [6.07, 6.45) is -6.38. The Kier molecular flexibility index (Phi) is 6.71. The lowest BCUT2D eigenvalue weighted by molar-refractivity contribution is -0.196. The molecule has 10 heteroatoms. The molecule has 1 aliphatic heterocycles. The molecular formula is C22H22F3N3O4. The van der Waals surface area contributed by atoms with Gasteiger partial charge in [0.1, 0.15) is 11.6 Å². The smallest absolute Gasteiger partial charge is 0.442 e. The molecule has 2 aromatic carbocycles. The molecule has 2 aromatic rings. The third-order valence-corrected chi connectivity index (χ3v) is 4.88. The van der Waals surface area contributed by atoms with Crippen molar-refractivity contribution in [1.82, 2.24) is 10.2 Å². The number of carbonyl (C=O) groups excluding carboxylic acids is 2. The topological polar surface area (TPSA) is 80.2 Å². The van der Waals surface area contributed by atoms with Crippen LogP contribution in [-0.2, 0) is 16.0 Å². The van der Waals surface area contributed by atoms with Gasteiger partial charge in [-0.3, -0.25) is 15.0 Å². The van der Waals surface area contributed by atoms with E-state index in [1.807, 2.05) is 0 Å². The van der Waals surface area contributed by atoms with Crippen molar-refractivity contribution in [2.45, 2.75) is 25.2 Å². The Morgan fingerprint density at radius 2 is 1.78 bits per heavy atom. The summed E-state index contributed by atoms with van der Waals surface area (Å²) in [4.78, 5) is 29.7. The number of aliphatic imine (C=N–C) groups is 1. The number of amidine groups is 1. The molecule has 1 aliphatic rings. The van der Waals surface area contributed by atoms with Gasteiger partial charge >= 0.3 is 17.9 Å². The quantitative estimate of drug-likeness (QED) is 0.702. The van der Waals surface area contributed by atoms with Gasteiger partial charge in [-0.15, -0.1) is 0 Å². The number of ether oxygens (including phenoxy) is 2. The summed E-state index contributed by atoms with van der Waals surface area (Å²) in [5.41, 5.74) is -2.47. The highest BCUT2D eigenvalue weighted by Gasteiger charge is 2.67. The van der Waals surface area contributed by atoms with E-state index in [9.17, 15) is 22.8 Å². The summed E-state index contributed by atoms with van der Waals surface area (Å²) in [6.45, 7) is 1.16.